The lowest BCUT2D eigenvalue weighted by Crippen LogP contribution is -2.41. The molecule has 1 saturated carbocycles. The summed E-state index contributed by atoms with van der Waals surface area (Å²) in [6, 6.07) is 7.36. The number of aliphatic carboxylic acids is 1. The van der Waals surface area contributed by atoms with Gasteiger partial charge in [-0.1, -0.05) is 26.0 Å². The molecular formula is C16H19NO5. The van der Waals surface area contributed by atoms with Crippen molar-refractivity contribution in [1.29, 1.82) is 0 Å². The van der Waals surface area contributed by atoms with Gasteiger partial charge in [0.25, 0.3) is 0 Å². The third-order valence-corrected chi connectivity index (χ3v) is 4.45. The lowest BCUT2D eigenvalue weighted by atomic mass is 10.1. The number of hydrogen-bond acceptors (Lipinski definition) is 4. The van der Waals surface area contributed by atoms with Gasteiger partial charge >= 0.3 is 5.97 Å². The number of nitrogens with one attached hydrogen (secondary N) is 1. The summed E-state index contributed by atoms with van der Waals surface area (Å²) in [5.74, 6) is -0.905. The van der Waals surface area contributed by atoms with E-state index in [9.17, 15) is 9.59 Å². The Morgan fingerprint density at radius 3 is 2.59 bits per heavy atom. The summed E-state index contributed by atoms with van der Waals surface area (Å²) < 4.78 is 11.3. The van der Waals surface area contributed by atoms with E-state index in [1.807, 2.05) is 24.3 Å². The summed E-state index contributed by atoms with van der Waals surface area (Å²) in [7, 11) is 0. The number of hydrogen-bond donors (Lipinski definition) is 2. The molecule has 0 radical (unpaired) electrons. The summed E-state index contributed by atoms with van der Waals surface area (Å²) in [5.41, 5.74) is -0.494. The number of amides is 1. The molecule has 1 amide bonds. The fraction of sp³-hybridized carbons (Fsp3) is 0.500. The molecule has 1 unspecified atom stereocenters. The average molecular weight is 305 g/mol. The molecule has 0 aromatic heterocycles. The van der Waals surface area contributed by atoms with E-state index in [0.717, 1.165) is 0 Å². The Bertz CT molecular complexity index is 612. The minimum Gasteiger partial charge on any atom is -0.486 e. The maximum atomic E-state index is 12.2. The van der Waals surface area contributed by atoms with Crippen LogP contribution in [0, 0.1) is 17.3 Å². The van der Waals surface area contributed by atoms with Gasteiger partial charge in [0.2, 0.25) is 5.91 Å². The summed E-state index contributed by atoms with van der Waals surface area (Å²) in [6.45, 7) is 4.25. The number of rotatable bonds is 4. The van der Waals surface area contributed by atoms with Crippen molar-refractivity contribution in [3.8, 4) is 11.5 Å². The average Bonchev–Trinajstić information content (AvgIpc) is 3.07. The van der Waals surface area contributed by atoms with Gasteiger partial charge < -0.3 is 19.9 Å². The molecule has 3 rings (SSSR count). The van der Waals surface area contributed by atoms with Crippen molar-refractivity contribution >= 4 is 11.9 Å². The molecule has 6 heteroatoms. The highest BCUT2D eigenvalue weighted by molar-refractivity contribution is 5.91. The molecule has 1 aromatic rings. The minimum atomic E-state index is -0.920. The molecule has 2 aliphatic rings. The van der Waals surface area contributed by atoms with Crippen molar-refractivity contribution in [2.45, 2.75) is 20.0 Å². The van der Waals surface area contributed by atoms with Gasteiger partial charge in [0.1, 0.15) is 12.7 Å². The number of para-hydroxylation sites is 2. The fourth-order valence-corrected chi connectivity index (χ4v) is 3.08. The first-order chi connectivity index (χ1) is 10.4. The minimum absolute atomic E-state index is 0.236. The van der Waals surface area contributed by atoms with Crippen molar-refractivity contribution in [1.82, 2.24) is 5.32 Å². The molecule has 1 aliphatic carbocycles. The van der Waals surface area contributed by atoms with E-state index in [1.165, 1.54) is 0 Å². The van der Waals surface area contributed by atoms with E-state index in [1.54, 1.807) is 13.8 Å². The smallest absolute Gasteiger partial charge is 0.307 e. The molecule has 118 valence electrons. The third-order valence-electron chi connectivity index (χ3n) is 4.45. The molecule has 1 aliphatic heterocycles. The third kappa shape index (κ3) is 2.49. The lowest BCUT2D eigenvalue weighted by molar-refractivity contribution is -0.140. The van der Waals surface area contributed by atoms with Gasteiger partial charge in [0, 0.05) is 0 Å². The van der Waals surface area contributed by atoms with Crippen LogP contribution in [-0.4, -0.2) is 36.2 Å². The molecule has 22 heavy (non-hydrogen) atoms. The van der Waals surface area contributed by atoms with Gasteiger partial charge in [-0.2, -0.15) is 0 Å². The summed E-state index contributed by atoms with van der Waals surface area (Å²) in [4.78, 5) is 23.3. The van der Waals surface area contributed by atoms with Crippen LogP contribution in [0.5, 0.6) is 11.5 Å². The molecule has 1 fully saturated rings. The second kappa shape index (κ2) is 5.19. The van der Waals surface area contributed by atoms with Crippen LogP contribution in [0.25, 0.3) is 0 Å². The molecule has 3 atom stereocenters. The highest BCUT2D eigenvalue weighted by atomic mass is 16.6. The zero-order chi connectivity index (χ0) is 15.9. The van der Waals surface area contributed by atoms with Crippen molar-refractivity contribution in [3.63, 3.8) is 0 Å². The molecule has 1 heterocycles. The number of carboxylic acids is 1. The normalized spacial score (nSPS) is 27.8. The van der Waals surface area contributed by atoms with E-state index >= 15 is 0 Å². The number of benzene rings is 1. The molecule has 2 N–H and O–H groups in total. The predicted octanol–water partition coefficient (Wildman–Crippen LogP) is 1.30. The Morgan fingerprint density at radius 1 is 1.27 bits per heavy atom. The van der Waals surface area contributed by atoms with Gasteiger partial charge in [-0.15, -0.1) is 0 Å². The van der Waals surface area contributed by atoms with Crippen molar-refractivity contribution < 1.29 is 24.2 Å². The number of carboxylic acid groups (broad SMARTS) is 1. The first-order valence-corrected chi connectivity index (χ1v) is 7.30. The summed E-state index contributed by atoms with van der Waals surface area (Å²) in [5, 5.41) is 11.9. The van der Waals surface area contributed by atoms with Gasteiger partial charge in [0.05, 0.1) is 18.4 Å². The molecule has 0 spiro atoms. The van der Waals surface area contributed by atoms with Crippen molar-refractivity contribution in [2.75, 3.05) is 13.2 Å². The van der Waals surface area contributed by atoms with E-state index < -0.39 is 23.2 Å². The largest absolute Gasteiger partial charge is 0.486 e. The first kappa shape index (κ1) is 14.7. The first-order valence-electron chi connectivity index (χ1n) is 7.30. The summed E-state index contributed by atoms with van der Waals surface area (Å²) in [6.07, 6.45) is -0.274. The van der Waals surface area contributed by atoms with Gasteiger partial charge in [0.15, 0.2) is 11.5 Å². The monoisotopic (exact) mass is 305 g/mol. The maximum Gasteiger partial charge on any atom is 0.307 e. The van der Waals surface area contributed by atoms with Gasteiger partial charge in [-0.3, -0.25) is 9.59 Å². The zero-order valence-electron chi connectivity index (χ0n) is 12.5. The fourth-order valence-electron chi connectivity index (χ4n) is 3.08. The number of ether oxygens (including phenoxy) is 2. The van der Waals surface area contributed by atoms with Crippen LogP contribution in [0.15, 0.2) is 24.3 Å². The maximum absolute atomic E-state index is 12.2. The van der Waals surface area contributed by atoms with Crippen LogP contribution < -0.4 is 14.8 Å². The Morgan fingerprint density at radius 2 is 1.95 bits per heavy atom. The number of carbonyl (C=O) groups is 2. The molecule has 6 nitrogen and oxygen atoms in total. The highest BCUT2D eigenvalue weighted by Crippen LogP contribution is 2.58. The van der Waals surface area contributed by atoms with E-state index in [2.05, 4.69) is 5.32 Å². The molecule has 0 saturated heterocycles. The van der Waals surface area contributed by atoms with Crippen molar-refractivity contribution in [3.05, 3.63) is 24.3 Å². The standard InChI is InChI=1S/C16H19NO5/c1-16(2)12(13(16)15(19)20)14(18)17-7-9-8-21-10-5-3-4-6-11(10)22-9/h3-6,9,12-13H,7-8H2,1-2H3,(H,17,18)(H,19,20)/t9?,12-,13+/m1/s1. The van der Waals surface area contributed by atoms with E-state index in [0.29, 0.717) is 24.7 Å². The molecule has 0 bridgehead atoms. The second-order valence-corrected chi connectivity index (χ2v) is 6.36. The Hall–Kier alpha value is -2.24. The molecule has 1 aromatic carbocycles. The summed E-state index contributed by atoms with van der Waals surface area (Å²) >= 11 is 0. The van der Waals surface area contributed by atoms with Crippen LogP contribution >= 0.6 is 0 Å². The predicted molar refractivity (Wildman–Crippen MR) is 77.8 cm³/mol. The SMILES string of the molecule is CC1(C)[C@H](C(=O)O)[C@@H]1C(=O)NCC1COc2ccccc2O1. The highest BCUT2D eigenvalue weighted by Gasteiger charge is 2.65. The van der Waals surface area contributed by atoms with Crippen LogP contribution in [0.1, 0.15) is 13.8 Å². The topological polar surface area (TPSA) is 84.9 Å². The number of carbonyl (C=O) groups excluding carboxylic acids is 1. The van der Waals surface area contributed by atoms with Gasteiger partial charge in [-0.05, 0) is 17.5 Å². The quantitative estimate of drug-likeness (QED) is 0.876. The van der Waals surface area contributed by atoms with Crippen LogP contribution in [0.3, 0.4) is 0 Å². The molecular weight excluding hydrogens is 286 g/mol. The Balaban J connectivity index is 1.54. The van der Waals surface area contributed by atoms with E-state index in [4.69, 9.17) is 14.6 Å². The van der Waals surface area contributed by atoms with E-state index in [-0.39, 0.29) is 12.0 Å². The zero-order valence-corrected chi connectivity index (χ0v) is 12.5. The Kier molecular flexibility index (Phi) is 3.47. The second-order valence-electron chi connectivity index (χ2n) is 6.36. The van der Waals surface area contributed by atoms with Gasteiger partial charge in [-0.25, -0.2) is 0 Å². The van der Waals surface area contributed by atoms with Crippen LogP contribution in [0.4, 0.5) is 0 Å². The number of fused-ring (bicyclic) bond motifs is 1. The van der Waals surface area contributed by atoms with Crippen LogP contribution in [0.2, 0.25) is 0 Å². The Labute approximate surface area is 128 Å². The lowest BCUT2D eigenvalue weighted by Gasteiger charge is -2.26. The van der Waals surface area contributed by atoms with Crippen LogP contribution in [-0.2, 0) is 9.59 Å². The van der Waals surface area contributed by atoms with Crippen molar-refractivity contribution in [2.24, 2.45) is 17.3 Å².